The average Bonchev–Trinajstić information content (AvgIpc) is 3.36. The summed E-state index contributed by atoms with van der Waals surface area (Å²) in [6.07, 6.45) is 2.30. The van der Waals surface area contributed by atoms with Crippen molar-refractivity contribution in [3.8, 4) is 5.75 Å². The van der Waals surface area contributed by atoms with Gasteiger partial charge in [-0.1, -0.05) is 12.1 Å². The van der Waals surface area contributed by atoms with Gasteiger partial charge in [0.25, 0.3) is 0 Å². The minimum absolute atomic E-state index is 0.0125. The number of esters is 1. The number of fused-ring (bicyclic) bond motifs is 2. The van der Waals surface area contributed by atoms with Crippen LogP contribution >= 0.6 is 0 Å². The number of aliphatic carboxylic acids is 1. The molecule has 0 atom stereocenters. The first-order chi connectivity index (χ1) is 16.0. The van der Waals surface area contributed by atoms with Crippen molar-refractivity contribution in [1.29, 1.82) is 0 Å². The number of benzene rings is 2. The zero-order valence-corrected chi connectivity index (χ0v) is 18.2. The summed E-state index contributed by atoms with van der Waals surface area (Å²) in [5, 5.41) is 13.3. The summed E-state index contributed by atoms with van der Waals surface area (Å²) >= 11 is 0. The SMILES string of the molecule is COC(=O)Cn1cc(CC(=O)O)c2cc(OCCCNCc3nc4ccccc4o3)ccc21. The number of hydrogen-bond donors (Lipinski definition) is 2. The lowest BCUT2D eigenvalue weighted by Gasteiger charge is -2.08. The normalized spacial score (nSPS) is 11.2. The molecule has 0 aliphatic rings. The number of oxazole rings is 1. The molecule has 2 aromatic heterocycles. The van der Waals surface area contributed by atoms with E-state index in [0.717, 1.165) is 35.0 Å². The number of hydrogen-bond acceptors (Lipinski definition) is 7. The summed E-state index contributed by atoms with van der Waals surface area (Å²) in [5.74, 6) is -0.0585. The molecule has 0 unspecified atom stereocenters. The molecule has 0 amide bonds. The van der Waals surface area contributed by atoms with E-state index in [1.807, 2.05) is 42.5 Å². The highest BCUT2D eigenvalue weighted by Gasteiger charge is 2.14. The first kappa shape index (κ1) is 22.3. The average molecular weight is 451 g/mol. The maximum absolute atomic E-state index is 11.7. The van der Waals surface area contributed by atoms with Gasteiger partial charge in [0.1, 0.15) is 17.8 Å². The van der Waals surface area contributed by atoms with Crippen LogP contribution in [0.4, 0.5) is 0 Å². The van der Waals surface area contributed by atoms with Crippen molar-refractivity contribution in [2.45, 2.75) is 25.9 Å². The summed E-state index contributed by atoms with van der Waals surface area (Å²) in [7, 11) is 1.32. The first-order valence-electron chi connectivity index (χ1n) is 10.6. The van der Waals surface area contributed by atoms with Gasteiger partial charge in [-0.05, 0) is 48.9 Å². The highest BCUT2D eigenvalue weighted by molar-refractivity contribution is 5.89. The van der Waals surface area contributed by atoms with Crippen LogP contribution in [-0.2, 0) is 33.8 Å². The number of nitrogens with zero attached hydrogens (tertiary/aromatic N) is 2. The molecule has 33 heavy (non-hydrogen) atoms. The minimum atomic E-state index is -0.941. The van der Waals surface area contributed by atoms with E-state index < -0.39 is 11.9 Å². The quantitative estimate of drug-likeness (QED) is 0.264. The van der Waals surface area contributed by atoms with E-state index in [0.29, 0.717) is 30.4 Å². The molecule has 0 fully saturated rings. The number of nitrogens with one attached hydrogen (secondary N) is 1. The summed E-state index contributed by atoms with van der Waals surface area (Å²) in [6, 6.07) is 13.1. The van der Waals surface area contributed by atoms with Crippen molar-refractivity contribution in [1.82, 2.24) is 14.9 Å². The Balaban J connectivity index is 1.32. The lowest BCUT2D eigenvalue weighted by Crippen LogP contribution is -2.17. The molecule has 0 saturated carbocycles. The molecule has 0 radical (unpaired) electrons. The van der Waals surface area contributed by atoms with Crippen LogP contribution < -0.4 is 10.1 Å². The fourth-order valence-corrected chi connectivity index (χ4v) is 3.66. The Labute approximate surface area is 189 Å². The van der Waals surface area contributed by atoms with Crippen LogP contribution in [0, 0.1) is 0 Å². The van der Waals surface area contributed by atoms with Gasteiger partial charge >= 0.3 is 11.9 Å². The standard InChI is InChI=1S/C24H25N3O6/c1-31-24(30)15-27-14-16(11-23(28)29)18-12-17(7-8-20(18)27)32-10-4-9-25-13-22-26-19-5-2-3-6-21(19)33-22/h2-3,5-8,12,14,25H,4,9-11,13,15H2,1H3,(H,28,29). The second-order valence-corrected chi connectivity index (χ2v) is 7.56. The third-order valence-corrected chi connectivity index (χ3v) is 5.18. The van der Waals surface area contributed by atoms with Gasteiger partial charge in [0.15, 0.2) is 5.58 Å². The van der Waals surface area contributed by atoms with Gasteiger partial charge in [0.2, 0.25) is 5.89 Å². The molecule has 2 N–H and O–H groups in total. The van der Waals surface area contributed by atoms with Crippen LogP contribution in [0.1, 0.15) is 17.9 Å². The molecular weight excluding hydrogens is 426 g/mol. The molecule has 2 aromatic carbocycles. The molecule has 9 heteroatoms. The van der Waals surface area contributed by atoms with Crippen molar-refractivity contribution >= 4 is 33.9 Å². The monoisotopic (exact) mass is 451 g/mol. The van der Waals surface area contributed by atoms with Gasteiger partial charge < -0.3 is 28.9 Å². The molecule has 4 aromatic rings. The predicted octanol–water partition coefficient (Wildman–Crippen LogP) is 3.14. The van der Waals surface area contributed by atoms with Gasteiger partial charge in [0, 0.05) is 17.1 Å². The van der Waals surface area contributed by atoms with Gasteiger partial charge in [-0.25, -0.2) is 4.98 Å². The maximum Gasteiger partial charge on any atom is 0.325 e. The van der Waals surface area contributed by atoms with Crippen LogP contribution in [0.5, 0.6) is 5.75 Å². The fraction of sp³-hybridized carbons (Fsp3) is 0.292. The van der Waals surface area contributed by atoms with Crippen LogP contribution in [0.3, 0.4) is 0 Å². The zero-order valence-electron chi connectivity index (χ0n) is 18.2. The highest BCUT2D eigenvalue weighted by atomic mass is 16.5. The Morgan fingerprint density at radius 1 is 1.21 bits per heavy atom. The van der Waals surface area contributed by atoms with Gasteiger partial charge in [-0.3, -0.25) is 9.59 Å². The Bertz CT molecular complexity index is 1240. The molecule has 0 aliphatic carbocycles. The lowest BCUT2D eigenvalue weighted by atomic mass is 10.1. The van der Waals surface area contributed by atoms with Crippen molar-refractivity contribution in [3.05, 3.63) is 60.1 Å². The van der Waals surface area contributed by atoms with Crippen molar-refractivity contribution < 1.29 is 28.6 Å². The van der Waals surface area contributed by atoms with Crippen molar-refractivity contribution in [2.75, 3.05) is 20.3 Å². The van der Waals surface area contributed by atoms with Crippen LogP contribution in [0.15, 0.2) is 53.1 Å². The summed E-state index contributed by atoms with van der Waals surface area (Å²) in [6.45, 7) is 1.76. The van der Waals surface area contributed by atoms with Crippen molar-refractivity contribution in [3.63, 3.8) is 0 Å². The third-order valence-electron chi connectivity index (χ3n) is 5.18. The van der Waals surface area contributed by atoms with E-state index in [-0.39, 0.29) is 13.0 Å². The number of carboxylic acids is 1. The Morgan fingerprint density at radius 2 is 2.06 bits per heavy atom. The lowest BCUT2D eigenvalue weighted by molar-refractivity contribution is -0.141. The van der Waals surface area contributed by atoms with E-state index in [1.54, 1.807) is 10.8 Å². The number of carbonyl (C=O) groups is 2. The number of rotatable bonds is 11. The van der Waals surface area contributed by atoms with Crippen LogP contribution in [0.25, 0.3) is 22.0 Å². The van der Waals surface area contributed by atoms with Gasteiger partial charge in [-0.15, -0.1) is 0 Å². The van der Waals surface area contributed by atoms with Crippen molar-refractivity contribution in [2.24, 2.45) is 0 Å². The number of carbonyl (C=O) groups excluding carboxylic acids is 1. The molecule has 172 valence electrons. The molecule has 0 aliphatic heterocycles. The zero-order chi connectivity index (χ0) is 23.2. The van der Waals surface area contributed by atoms with E-state index in [2.05, 4.69) is 10.3 Å². The second-order valence-electron chi connectivity index (χ2n) is 7.56. The molecule has 4 rings (SSSR count). The third kappa shape index (κ3) is 5.50. The number of methoxy groups -OCH3 is 1. The number of ether oxygens (including phenoxy) is 2. The molecule has 0 spiro atoms. The van der Waals surface area contributed by atoms with Gasteiger partial charge in [-0.2, -0.15) is 0 Å². The topological polar surface area (TPSA) is 116 Å². The Morgan fingerprint density at radius 3 is 2.85 bits per heavy atom. The summed E-state index contributed by atoms with van der Waals surface area (Å²) < 4.78 is 18.0. The number of carboxylic acid groups (broad SMARTS) is 1. The summed E-state index contributed by atoms with van der Waals surface area (Å²) in [5.41, 5.74) is 2.99. The van der Waals surface area contributed by atoms with E-state index >= 15 is 0 Å². The molecule has 0 saturated heterocycles. The molecule has 0 bridgehead atoms. The molecular formula is C24H25N3O6. The van der Waals surface area contributed by atoms with Gasteiger partial charge in [0.05, 0.1) is 26.7 Å². The Hall–Kier alpha value is -3.85. The Kier molecular flexibility index (Phi) is 6.89. The predicted molar refractivity (Wildman–Crippen MR) is 121 cm³/mol. The first-order valence-corrected chi connectivity index (χ1v) is 10.6. The largest absolute Gasteiger partial charge is 0.494 e. The number of aromatic nitrogens is 2. The van der Waals surface area contributed by atoms with E-state index in [9.17, 15) is 14.7 Å². The fourth-order valence-electron chi connectivity index (χ4n) is 3.66. The summed E-state index contributed by atoms with van der Waals surface area (Å²) in [4.78, 5) is 27.4. The highest BCUT2D eigenvalue weighted by Crippen LogP contribution is 2.27. The minimum Gasteiger partial charge on any atom is -0.494 e. The number of para-hydroxylation sites is 2. The molecule has 2 heterocycles. The molecule has 9 nitrogen and oxygen atoms in total. The van der Waals surface area contributed by atoms with Crippen LogP contribution in [-0.4, -0.2) is 46.9 Å². The van der Waals surface area contributed by atoms with E-state index in [4.69, 9.17) is 13.9 Å². The maximum atomic E-state index is 11.7. The van der Waals surface area contributed by atoms with E-state index in [1.165, 1.54) is 7.11 Å². The second kappa shape index (κ2) is 10.2. The van der Waals surface area contributed by atoms with Crippen LogP contribution in [0.2, 0.25) is 0 Å². The smallest absolute Gasteiger partial charge is 0.325 e.